The van der Waals surface area contributed by atoms with Crippen LogP contribution in [0.15, 0.2) is 152 Å². The number of aliphatic hydroxyl groups excluding tert-OH is 1. The van der Waals surface area contributed by atoms with Crippen LogP contribution < -0.4 is 0 Å². The summed E-state index contributed by atoms with van der Waals surface area (Å²) in [6, 6.07) is 49.9. The first-order chi connectivity index (χ1) is 32.1. The van der Waals surface area contributed by atoms with Crippen molar-refractivity contribution >= 4 is 0 Å². The highest BCUT2D eigenvalue weighted by Crippen LogP contribution is 2.36. The van der Waals surface area contributed by atoms with E-state index in [0.29, 0.717) is 19.8 Å². The van der Waals surface area contributed by atoms with Gasteiger partial charge >= 0.3 is 0 Å². The van der Waals surface area contributed by atoms with Gasteiger partial charge in [-0.15, -0.1) is 0 Å². The van der Waals surface area contributed by atoms with E-state index in [2.05, 4.69) is 6.92 Å². The summed E-state index contributed by atoms with van der Waals surface area (Å²) in [6.07, 6.45) is -1.62. The Hall–Kier alpha value is -4.30. The number of hydrogen-bond acceptors (Lipinski definition) is 10. The Morgan fingerprint density at radius 3 is 1.37 bits per heavy atom. The van der Waals surface area contributed by atoms with Gasteiger partial charge in [0, 0.05) is 6.61 Å². The maximum Gasteiger partial charge on any atom is 0.187 e. The van der Waals surface area contributed by atoms with Crippen molar-refractivity contribution in [3.8, 4) is 0 Å². The van der Waals surface area contributed by atoms with E-state index in [-0.39, 0.29) is 26.4 Å². The van der Waals surface area contributed by atoms with Crippen LogP contribution in [-0.4, -0.2) is 79.7 Å². The average Bonchev–Trinajstić information content (AvgIpc) is 3.34. The molecule has 2 fully saturated rings. The lowest BCUT2D eigenvalue weighted by Gasteiger charge is -2.49. The van der Waals surface area contributed by atoms with Gasteiger partial charge in [0.15, 0.2) is 12.6 Å². The Kier molecular flexibility index (Phi) is 20.0. The lowest BCUT2D eigenvalue weighted by molar-refractivity contribution is -0.373. The van der Waals surface area contributed by atoms with Crippen molar-refractivity contribution in [2.45, 2.75) is 147 Å². The molecule has 2 aliphatic rings. The molecular weight excluding hydrogens is 821 g/mol. The van der Waals surface area contributed by atoms with Gasteiger partial charge in [-0.2, -0.15) is 0 Å². The van der Waals surface area contributed by atoms with Gasteiger partial charge in [-0.05, 0) is 41.2 Å². The molecule has 348 valence electrons. The van der Waals surface area contributed by atoms with Crippen LogP contribution in [-0.2, 0) is 75.7 Å². The van der Waals surface area contributed by atoms with E-state index in [4.69, 9.17) is 42.6 Å². The van der Waals surface area contributed by atoms with Crippen molar-refractivity contribution in [3.05, 3.63) is 179 Å². The van der Waals surface area contributed by atoms with Crippen LogP contribution in [0.2, 0.25) is 0 Å². The zero-order chi connectivity index (χ0) is 44.9. The molecule has 5 aromatic carbocycles. The highest BCUT2D eigenvalue weighted by molar-refractivity contribution is 5.17. The van der Waals surface area contributed by atoms with Gasteiger partial charge in [-0.3, -0.25) is 0 Å². The topological polar surface area (TPSA) is 103 Å². The maximum absolute atomic E-state index is 12.3. The van der Waals surface area contributed by atoms with Gasteiger partial charge < -0.3 is 47.7 Å². The van der Waals surface area contributed by atoms with Gasteiger partial charge in [0.1, 0.15) is 42.7 Å². The lowest BCUT2D eigenvalue weighted by Crippen LogP contribution is -2.65. The van der Waals surface area contributed by atoms with Crippen molar-refractivity contribution in [2.24, 2.45) is 0 Å². The van der Waals surface area contributed by atoms with Crippen LogP contribution in [0.5, 0.6) is 0 Å². The molecule has 2 saturated heterocycles. The maximum atomic E-state index is 12.3. The highest BCUT2D eigenvalue weighted by Gasteiger charge is 2.53. The third-order valence-corrected chi connectivity index (χ3v) is 12.0. The standard InChI is InChI=1S/C55H68O10/c1-3-4-5-6-7-23-34-58-54-53(62-39-46-32-21-12-22-33-46)52(50(60-37-44-28-17-10-18-29-44)47(64-54)40-57-35-42-24-13-8-14-25-42)65-55-51(61-38-45-30-19-11-20-31-45)48(56)49(41(2)63-55)59-36-43-26-15-9-16-27-43/h8-22,24-33,41,47-56H,3-7,23,34-40H2,1-2H3/t41-,47+,48+,49-,50-,51+,52-,53+,54+,55-/m0/s1. The molecule has 0 aliphatic carbocycles. The highest BCUT2D eigenvalue weighted by atomic mass is 16.8. The number of unbranched alkanes of at least 4 members (excludes halogenated alkanes) is 5. The van der Waals surface area contributed by atoms with Crippen molar-refractivity contribution in [1.29, 1.82) is 0 Å². The molecule has 2 heterocycles. The Morgan fingerprint density at radius 2 is 0.862 bits per heavy atom. The molecule has 0 spiro atoms. The van der Waals surface area contributed by atoms with E-state index in [9.17, 15) is 5.11 Å². The number of ether oxygens (including phenoxy) is 9. The molecule has 10 atom stereocenters. The summed E-state index contributed by atoms with van der Waals surface area (Å²) >= 11 is 0. The molecule has 65 heavy (non-hydrogen) atoms. The summed E-state index contributed by atoms with van der Waals surface area (Å²) in [5.41, 5.74) is 4.93. The van der Waals surface area contributed by atoms with Crippen LogP contribution in [0.3, 0.4) is 0 Å². The smallest absolute Gasteiger partial charge is 0.187 e. The van der Waals surface area contributed by atoms with E-state index in [1.807, 2.05) is 159 Å². The van der Waals surface area contributed by atoms with Crippen LogP contribution in [0, 0.1) is 0 Å². The van der Waals surface area contributed by atoms with E-state index in [1.165, 1.54) is 19.3 Å². The van der Waals surface area contributed by atoms with Crippen molar-refractivity contribution < 1.29 is 47.7 Å². The van der Waals surface area contributed by atoms with Gasteiger partial charge in [-0.1, -0.05) is 191 Å². The van der Waals surface area contributed by atoms with E-state index in [0.717, 1.165) is 47.1 Å². The average molecular weight is 889 g/mol. The van der Waals surface area contributed by atoms with Crippen molar-refractivity contribution in [3.63, 3.8) is 0 Å². The SMILES string of the molecule is CCCCCCCCO[C@@H]1O[C@H](COCc2ccccc2)[C@H](OCc2ccccc2)[C@H](O[C@@H]2O[C@@H](C)[C@H](OCc3ccccc3)[C@@H](O)[C@H]2OCc2ccccc2)[C@H]1OCc1ccccc1. The normalized spacial score (nSPS) is 25.6. The third kappa shape index (κ3) is 15.1. The number of aliphatic hydroxyl groups is 1. The fraction of sp³-hybridized carbons (Fsp3) is 0.455. The van der Waals surface area contributed by atoms with Crippen molar-refractivity contribution in [2.75, 3.05) is 13.2 Å². The molecule has 0 radical (unpaired) electrons. The van der Waals surface area contributed by atoms with E-state index < -0.39 is 61.4 Å². The van der Waals surface area contributed by atoms with E-state index >= 15 is 0 Å². The second-order valence-corrected chi connectivity index (χ2v) is 17.0. The number of hydrogen-bond donors (Lipinski definition) is 1. The Morgan fingerprint density at radius 1 is 0.431 bits per heavy atom. The van der Waals surface area contributed by atoms with Gasteiger partial charge in [0.25, 0.3) is 0 Å². The summed E-state index contributed by atoms with van der Waals surface area (Å²) in [7, 11) is 0. The predicted molar refractivity (Wildman–Crippen MR) is 249 cm³/mol. The number of rotatable bonds is 26. The summed E-state index contributed by atoms with van der Waals surface area (Å²) in [6.45, 7) is 6.19. The van der Waals surface area contributed by atoms with Crippen LogP contribution >= 0.6 is 0 Å². The Labute approximate surface area is 386 Å². The first-order valence-corrected chi connectivity index (χ1v) is 23.6. The van der Waals surface area contributed by atoms with Gasteiger partial charge in [-0.25, -0.2) is 0 Å². The Bertz CT molecular complexity index is 1990. The molecule has 10 nitrogen and oxygen atoms in total. The second-order valence-electron chi connectivity index (χ2n) is 17.0. The third-order valence-electron chi connectivity index (χ3n) is 12.0. The zero-order valence-corrected chi connectivity index (χ0v) is 38.0. The quantitative estimate of drug-likeness (QED) is 0.0540. The molecule has 7 rings (SSSR count). The molecule has 0 aromatic heterocycles. The molecule has 10 heteroatoms. The van der Waals surface area contributed by atoms with Crippen LogP contribution in [0.4, 0.5) is 0 Å². The van der Waals surface area contributed by atoms with E-state index in [1.54, 1.807) is 0 Å². The summed E-state index contributed by atoms with van der Waals surface area (Å²) in [4.78, 5) is 0. The molecule has 0 unspecified atom stereocenters. The van der Waals surface area contributed by atoms with Gasteiger partial charge in [0.05, 0.1) is 45.7 Å². The minimum atomic E-state index is -1.12. The molecule has 0 saturated carbocycles. The number of benzene rings is 5. The first kappa shape index (κ1) is 48.6. The first-order valence-electron chi connectivity index (χ1n) is 23.6. The van der Waals surface area contributed by atoms with Gasteiger partial charge in [0.2, 0.25) is 0 Å². The fourth-order valence-electron chi connectivity index (χ4n) is 8.36. The zero-order valence-electron chi connectivity index (χ0n) is 38.0. The lowest BCUT2D eigenvalue weighted by atomic mass is 9.96. The Balaban J connectivity index is 1.21. The largest absolute Gasteiger partial charge is 0.387 e. The fourth-order valence-corrected chi connectivity index (χ4v) is 8.36. The second kappa shape index (κ2) is 26.7. The minimum Gasteiger partial charge on any atom is -0.387 e. The molecule has 1 N–H and O–H groups in total. The van der Waals surface area contributed by atoms with Crippen molar-refractivity contribution in [1.82, 2.24) is 0 Å². The predicted octanol–water partition coefficient (Wildman–Crippen LogP) is 10.1. The minimum absolute atomic E-state index is 0.185. The molecular formula is C55H68O10. The summed E-state index contributed by atoms with van der Waals surface area (Å²) < 4.78 is 61.0. The summed E-state index contributed by atoms with van der Waals surface area (Å²) in [5, 5.41) is 12.3. The molecule has 0 bridgehead atoms. The summed E-state index contributed by atoms with van der Waals surface area (Å²) in [5.74, 6) is 0. The van der Waals surface area contributed by atoms with Crippen LogP contribution in [0.1, 0.15) is 80.2 Å². The molecule has 5 aromatic rings. The molecule has 0 amide bonds. The van der Waals surface area contributed by atoms with Crippen LogP contribution in [0.25, 0.3) is 0 Å². The molecule has 2 aliphatic heterocycles. The monoisotopic (exact) mass is 888 g/mol.